The number of benzene rings is 2. The molecule has 0 amide bonds. The van der Waals surface area contributed by atoms with Crippen molar-refractivity contribution < 1.29 is 9.66 Å². The maximum atomic E-state index is 11.5. The van der Waals surface area contributed by atoms with E-state index in [1.807, 2.05) is 24.3 Å². The lowest BCUT2D eigenvalue weighted by Crippen LogP contribution is -2.39. The molecule has 0 radical (unpaired) electrons. The van der Waals surface area contributed by atoms with Gasteiger partial charge in [0, 0.05) is 47.3 Å². The van der Waals surface area contributed by atoms with Gasteiger partial charge in [-0.15, -0.1) is 11.8 Å². The number of nitrogens with two attached hydrogens (primary N) is 1. The first-order valence-electron chi connectivity index (χ1n) is 9.55. The molecule has 29 heavy (non-hydrogen) atoms. The second-order valence-electron chi connectivity index (χ2n) is 6.76. The van der Waals surface area contributed by atoms with Crippen LogP contribution < -0.4 is 10.5 Å². The first-order chi connectivity index (χ1) is 14.2. The molecule has 3 rings (SSSR count). The second kappa shape index (κ2) is 11.4. The molecule has 0 aromatic heterocycles. The molecule has 1 heterocycles. The van der Waals surface area contributed by atoms with Gasteiger partial charge in [-0.25, -0.2) is 0 Å². The zero-order valence-corrected chi connectivity index (χ0v) is 17.8. The lowest BCUT2D eigenvalue weighted by molar-refractivity contribution is -0.384. The van der Waals surface area contributed by atoms with Crippen molar-refractivity contribution in [1.29, 1.82) is 0 Å². The van der Waals surface area contributed by atoms with E-state index in [9.17, 15) is 10.1 Å². The number of nitro benzene ring substituents is 1. The fourth-order valence-electron chi connectivity index (χ4n) is 3.15. The normalized spacial score (nSPS) is 15.8. The van der Waals surface area contributed by atoms with Crippen LogP contribution in [0.15, 0.2) is 58.3 Å². The number of nitro groups is 1. The maximum absolute atomic E-state index is 11.5. The van der Waals surface area contributed by atoms with Crippen LogP contribution in [0.2, 0.25) is 0 Å². The standard InChI is InChI=1S/C20H26N4O3S2/c21-29-18-6-7-19(20(14-18)24(25)26)22-16(8-9-23-10-12-27-13-11-23)15-28-17-4-2-1-3-5-17/h1-7,14,16,22H,8-13,15,21H2/t16-/m1/s1. The zero-order valence-electron chi connectivity index (χ0n) is 16.2. The second-order valence-corrected chi connectivity index (χ2v) is 8.56. The van der Waals surface area contributed by atoms with Gasteiger partial charge in [0.15, 0.2) is 0 Å². The molecular weight excluding hydrogens is 408 g/mol. The first-order valence-corrected chi connectivity index (χ1v) is 11.4. The van der Waals surface area contributed by atoms with E-state index in [1.54, 1.807) is 17.8 Å². The largest absolute Gasteiger partial charge is 0.379 e. The van der Waals surface area contributed by atoms with Crippen LogP contribution in [-0.2, 0) is 4.74 Å². The molecule has 1 aliphatic heterocycles. The quantitative estimate of drug-likeness (QED) is 0.252. The third-order valence-electron chi connectivity index (χ3n) is 4.75. The lowest BCUT2D eigenvalue weighted by atomic mass is 10.2. The molecule has 0 bridgehead atoms. The van der Waals surface area contributed by atoms with E-state index in [1.165, 1.54) is 11.0 Å². The van der Waals surface area contributed by atoms with E-state index in [0.29, 0.717) is 10.6 Å². The summed E-state index contributed by atoms with van der Waals surface area (Å²) >= 11 is 2.77. The Morgan fingerprint density at radius 3 is 2.62 bits per heavy atom. The first kappa shape index (κ1) is 21.9. The predicted octanol–water partition coefficient (Wildman–Crippen LogP) is 3.86. The third kappa shape index (κ3) is 6.90. The van der Waals surface area contributed by atoms with E-state index in [-0.39, 0.29) is 16.7 Å². The topological polar surface area (TPSA) is 93.7 Å². The highest BCUT2D eigenvalue weighted by Gasteiger charge is 2.20. The molecule has 0 aliphatic carbocycles. The van der Waals surface area contributed by atoms with Crippen molar-refractivity contribution in [3.05, 3.63) is 58.6 Å². The van der Waals surface area contributed by atoms with Crippen LogP contribution in [0.25, 0.3) is 0 Å². The molecule has 1 fully saturated rings. The Hall–Kier alpha value is -1.78. The van der Waals surface area contributed by atoms with Gasteiger partial charge >= 0.3 is 0 Å². The predicted molar refractivity (Wildman–Crippen MR) is 120 cm³/mol. The molecule has 2 aromatic rings. The van der Waals surface area contributed by atoms with E-state index in [2.05, 4.69) is 22.3 Å². The van der Waals surface area contributed by atoms with Crippen molar-refractivity contribution >= 4 is 35.1 Å². The van der Waals surface area contributed by atoms with Gasteiger partial charge in [-0.3, -0.25) is 20.2 Å². The fraction of sp³-hybridized carbons (Fsp3) is 0.400. The monoisotopic (exact) mass is 434 g/mol. The molecule has 7 nitrogen and oxygen atoms in total. The van der Waals surface area contributed by atoms with Gasteiger partial charge in [-0.1, -0.05) is 18.2 Å². The van der Waals surface area contributed by atoms with Crippen LogP contribution >= 0.6 is 23.7 Å². The van der Waals surface area contributed by atoms with Crippen LogP contribution in [0.3, 0.4) is 0 Å². The van der Waals surface area contributed by atoms with Crippen molar-refractivity contribution in [2.24, 2.45) is 5.14 Å². The summed E-state index contributed by atoms with van der Waals surface area (Å²) in [5.74, 6) is 0.818. The molecule has 0 saturated carbocycles. The zero-order chi connectivity index (χ0) is 20.5. The number of thioether (sulfide) groups is 1. The van der Waals surface area contributed by atoms with Crippen molar-refractivity contribution in [3.8, 4) is 0 Å². The van der Waals surface area contributed by atoms with E-state index >= 15 is 0 Å². The van der Waals surface area contributed by atoms with E-state index in [4.69, 9.17) is 9.88 Å². The number of morpholine rings is 1. The molecule has 9 heteroatoms. The summed E-state index contributed by atoms with van der Waals surface area (Å²) in [6.07, 6.45) is 0.893. The molecular formula is C20H26N4O3S2. The Morgan fingerprint density at radius 2 is 1.93 bits per heavy atom. The van der Waals surface area contributed by atoms with Gasteiger partial charge in [0.25, 0.3) is 5.69 Å². The SMILES string of the molecule is NSc1ccc(N[C@H](CCN2CCOCC2)CSc2ccccc2)c([N+](=O)[O-])c1. The maximum Gasteiger partial charge on any atom is 0.293 e. The van der Waals surface area contributed by atoms with Crippen molar-refractivity contribution in [3.63, 3.8) is 0 Å². The van der Waals surface area contributed by atoms with Crippen LogP contribution in [0, 0.1) is 10.1 Å². The summed E-state index contributed by atoms with van der Waals surface area (Å²) in [6, 6.07) is 15.4. The summed E-state index contributed by atoms with van der Waals surface area (Å²) in [7, 11) is 0. The fourth-order valence-corrected chi connectivity index (χ4v) is 4.47. The molecule has 3 N–H and O–H groups in total. The number of ether oxygens (including phenoxy) is 1. The Morgan fingerprint density at radius 1 is 1.17 bits per heavy atom. The Kier molecular flexibility index (Phi) is 8.63. The third-order valence-corrected chi connectivity index (χ3v) is 6.45. The van der Waals surface area contributed by atoms with Crippen molar-refractivity contribution in [1.82, 2.24) is 4.90 Å². The van der Waals surface area contributed by atoms with Crippen molar-refractivity contribution in [2.75, 3.05) is 43.9 Å². The smallest absolute Gasteiger partial charge is 0.293 e. The summed E-state index contributed by atoms with van der Waals surface area (Å²) in [5, 5.41) is 20.5. The summed E-state index contributed by atoms with van der Waals surface area (Å²) < 4.78 is 5.42. The van der Waals surface area contributed by atoms with Gasteiger partial charge in [-0.2, -0.15) is 0 Å². The minimum atomic E-state index is -0.356. The summed E-state index contributed by atoms with van der Waals surface area (Å²) in [6.45, 7) is 4.32. The molecule has 2 aromatic carbocycles. The lowest BCUT2D eigenvalue weighted by Gasteiger charge is -2.29. The Labute approximate surface area is 179 Å². The summed E-state index contributed by atoms with van der Waals surface area (Å²) in [4.78, 5) is 15.4. The van der Waals surface area contributed by atoms with Gasteiger partial charge in [0.05, 0.1) is 18.1 Å². The van der Waals surface area contributed by atoms with Gasteiger partial charge in [0.1, 0.15) is 5.69 Å². The van der Waals surface area contributed by atoms with Crippen LogP contribution in [0.5, 0.6) is 0 Å². The molecule has 0 spiro atoms. The molecule has 1 aliphatic rings. The molecule has 1 saturated heterocycles. The Bertz CT molecular complexity index is 789. The number of nitrogens with zero attached hydrogens (tertiary/aromatic N) is 2. The summed E-state index contributed by atoms with van der Waals surface area (Å²) in [5.41, 5.74) is 0.593. The number of rotatable bonds is 10. The minimum Gasteiger partial charge on any atom is -0.379 e. The van der Waals surface area contributed by atoms with E-state index < -0.39 is 0 Å². The minimum absolute atomic E-state index is 0.0570. The van der Waals surface area contributed by atoms with Crippen LogP contribution in [0.4, 0.5) is 11.4 Å². The molecule has 1 atom stereocenters. The highest BCUT2D eigenvalue weighted by Crippen LogP contribution is 2.30. The van der Waals surface area contributed by atoms with Gasteiger partial charge in [-0.05, 0) is 42.6 Å². The molecule has 156 valence electrons. The van der Waals surface area contributed by atoms with Crippen LogP contribution in [0.1, 0.15) is 6.42 Å². The average Bonchev–Trinajstić information content (AvgIpc) is 2.77. The van der Waals surface area contributed by atoms with Gasteiger partial charge < -0.3 is 10.1 Å². The highest BCUT2D eigenvalue weighted by molar-refractivity contribution is 7.99. The average molecular weight is 435 g/mol. The Balaban J connectivity index is 1.70. The van der Waals surface area contributed by atoms with Crippen molar-refractivity contribution in [2.45, 2.75) is 22.3 Å². The van der Waals surface area contributed by atoms with Crippen LogP contribution in [-0.4, -0.2) is 54.5 Å². The number of hydrogen-bond acceptors (Lipinski definition) is 8. The van der Waals surface area contributed by atoms with Gasteiger partial charge in [0.2, 0.25) is 0 Å². The number of nitrogens with one attached hydrogen (secondary N) is 1. The number of anilines is 1. The molecule has 0 unspecified atom stereocenters. The number of hydrogen-bond donors (Lipinski definition) is 2. The van der Waals surface area contributed by atoms with E-state index in [0.717, 1.165) is 57.0 Å². The highest BCUT2D eigenvalue weighted by atomic mass is 32.2.